The average molecular weight is 235 g/mol. The maximum absolute atomic E-state index is 5.39. The summed E-state index contributed by atoms with van der Waals surface area (Å²) in [6.45, 7) is 4.19. The second kappa shape index (κ2) is 5.41. The van der Waals surface area contributed by atoms with Crippen molar-refractivity contribution in [1.29, 1.82) is 0 Å². The third-order valence-corrected chi connectivity index (χ3v) is 3.53. The van der Waals surface area contributed by atoms with Gasteiger partial charge in [-0.05, 0) is 31.4 Å². The van der Waals surface area contributed by atoms with Crippen LogP contribution in [0.3, 0.4) is 0 Å². The van der Waals surface area contributed by atoms with Gasteiger partial charge in [-0.1, -0.05) is 6.07 Å². The van der Waals surface area contributed by atoms with Gasteiger partial charge in [0, 0.05) is 32.0 Å². The van der Waals surface area contributed by atoms with Crippen LogP contribution in [-0.4, -0.2) is 33.4 Å². The number of benzene rings is 1. The Morgan fingerprint density at radius 2 is 1.88 bits per heavy atom. The summed E-state index contributed by atoms with van der Waals surface area (Å²) in [5, 5.41) is 0. The molecule has 3 nitrogen and oxygen atoms in total. The number of piperidine rings is 1. The smallest absolute Gasteiger partial charge is 0.123 e. The molecule has 1 heterocycles. The Morgan fingerprint density at radius 3 is 2.47 bits per heavy atom. The highest BCUT2D eigenvalue weighted by Crippen LogP contribution is 2.27. The lowest BCUT2D eigenvalue weighted by Crippen LogP contribution is -2.36. The van der Waals surface area contributed by atoms with E-state index < -0.39 is 0 Å². The van der Waals surface area contributed by atoms with Crippen molar-refractivity contribution in [2.75, 3.05) is 32.2 Å². The molecule has 0 aromatic heterocycles. The summed E-state index contributed by atoms with van der Waals surface area (Å²) < 4.78 is 10.8. The van der Waals surface area contributed by atoms with Crippen LogP contribution in [0.5, 0.6) is 5.75 Å². The standard InChI is InChI=1S/C14H21NO2/c1-11-4-5-12(10-14(11)17-3)15-8-6-13(16-2)7-9-15/h4-5,10,13H,6-9H2,1-3H3. The van der Waals surface area contributed by atoms with E-state index in [1.54, 1.807) is 14.2 Å². The van der Waals surface area contributed by atoms with Gasteiger partial charge in [-0.25, -0.2) is 0 Å². The molecule has 0 radical (unpaired) electrons. The van der Waals surface area contributed by atoms with Crippen LogP contribution >= 0.6 is 0 Å². The molecule has 17 heavy (non-hydrogen) atoms. The summed E-state index contributed by atoms with van der Waals surface area (Å²) in [6, 6.07) is 6.42. The van der Waals surface area contributed by atoms with Crippen molar-refractivity contribution in [2.45, 2.75) is 25.9 Å². The maximum atomic E-state index is 5.39. The molecule has 1 saturated heterocycles. The van der Waals surface area contributed by atoms with Crippen molar-refractivity contribution in [2.24, 2.45) is 0 Å². The number of rotatable bonds is 3. The van der Waals surface area contributed by atoms with Gasteiger partial charge in [0.1, 0.15) is 5.75 Å². The van der Waals surface area contributed by atoms with Crippen LogP contribution in [0.1, 0.15) is 18.4 Å². The molecule has 94 valence electrons. The quantitative estimate of drug-likeness (QED) is 0.804. The monoisotopic (exact) mass is 235 g/mol. The van der Waals surface area contributed by atoms with Gasteiger partial charge >= 0.3 is 0 Å². The van der Waals surface area contributed by atoms with Crippen molar-refractivity contribution in [3.8, 4) is 5.75 Å². The molecular formula is C14H21NO2. The Bertz CT molecular complexity index is 370. The molecule has 2 rings (SSSR count). The molecule has 0 spiro atoms. The average Bonchev–Trinajstić information content (AvgIpc) is 2.39. The molecule has 1 aliphatic rings. The largest absolute Gasteiger partial charge is 0.496 e. The summed E-state index contributed by atoms with van der Waals surface area (Å²) in [4.78, 5) is 2.40. The lowest BCUT2D eigenvalue weighted by atomic mass is 10.1. The Morgan fingerprint density at radius 1 is 1.18 bits per heavy atom. The SMILES string of the molecule is COc1cc(N2CCC(OC)CC2)ccc1C. The van der Waals surface area contributed by atoms with Crippen LogP contribution in [0.4, 0.5) is 5.69 Å². The lowest BCUT2D eigenvalue weighted by Gasteiger charge is -2.33. The molecule has 0 saturated carbocycles. The Kier molecular flexibility index (Phi) is 3.89. The van der Waals surface area contributed by atoms with Crippen LogP contribution in [0.2, 0.25) is 0 Å². The zero-order valence-corrected chi connectivity index (χ0v) is 10.9. The summed E-state index contributed by atoms with van der Waals surface area (Å²) >= 11 is 0. The summed E-state index contributed by atoms with van der Waals surface area (Å²) in [6.07, 6.45) is 2.64. The number of hydrogen-bond donors (Lipinski definition) is 0. The minimum atomic E-state index is 0.429. The molecule has 0 unspecified atom stereocenters. The Hall–Kier alpha value is -1.22. The van der Waals surface area contributed by atoms with E-state index in [0.717, 1.165) is 31.7 Å². The Balaban J connectivity index is 2.08. The number of aryl methyl sites for hydroxylation is 1. The molecule has 3 heteroatoms. The van der Waals surface area contributed by atoms with Crippen LogP contribution in [0, 0.1) is 6.92 Å². The highest BCUT2D eigenvalue weighted by Gasteiger charge is 2.19. The highest BCUT2D eigenvalue weighted by molar-refractivity contribution is 5.53. The van der Waals surface area contributed by atoms with Gasteiger partial charge in [-0.15, -0.1) is 0 Å². The molecule has 1 fully saturated rings. The van der Waals surface area contributed by atoms with Gasteiger partial charge in [-0.2, -0.15) is 0 Å². The molecule has 0 amide bonds. The fraction of sp³-hybridized carbons (Fsp3) is 0.571. The van der Waals surface area contributed by atoms with E-state index in [0.29, 0.717) is 6.10 Å². The number of anilines is 1. The van der Waals surface area contributed by atoms with Crippen LogP contribution in [-0.2, 0) is 4.74 Å². The topological polar surface area (TPSA) is 21.7 Å². The van der Waals surface area contributed by atoms with E-state index in [4.69, 9.17) is 9.47 Å². The van der Waals surface area contributed by atoms with Crippen molar-refractivity contribution < 1.29 is 9.47 Å². The summed E-state index contributed by atoms with van der Waals surface area (Å²) in [7, 11) is 3.53. The molecule has 1 aromatic rings. The van der Waals surface area contributed by atoms with Gasteiger partial charge in [0.25, 0.3) is 0 Å². The number of methoxy groups -OCH3 is 2. The number of nitrogens with zero attached hydrogens (tertiary/aromatic N) is 1. The van der Waals surface area contributed by atoms with Gasteiger partial charge in [0.15, 0.2) is 0 Å². The number of hydrogen-bond acceptors (Lipinski definition) is 3. The predicted octanol–water partition coefficient (Wildman–Crippen LogP) is 2.62. The van der Waals surface area contributed by atoms with Crippen LogP contribution in [0.25, 0.3) is 0 Å². The van der Waals surface area contributed by atoms with Crippen molar-refractivity contribution >= 4 is 5.69 Å². The van der Waals surface area contributed by atoms with Crippen LogP contribution < -0.4 is 9.64 Å². The highest BCUT2D eigenvalue weighted by atomic mass is 16.5. The second-order valence-corrected chi connectivity index (χ2v) is 4.58. The zero-order chi connectivity index (χ0) is 12.3. The molecule has 0 N–H and O–H groups in total. The molecule has 1 aromatic carbocycles. The van der Waals surface area contributed by atoms with Gasteiger partial charge < -0.3 is 14.4 Å². The summed E-state index contributed by atoms with van der Waals surface area (Å²) in [5.41, 5.74) is 2.44. The fourth-order valence-corrected chi connectivity index (χ4v) is 2.36. The van der Waals surface area contributed by atoms with E-state index in [1.807, 2.05) is 0 Å². The fourth-order valence-electron chi connectivity index (χ4n) is 2.36. The first-order chi connectivity index (χ1) is 8.24. The third-order valence-electron chi connectivity index (χ3n) is 3.53. The van der Waals surface area contributed by atoms with Gasteiger partial charge in [0.05, 0.1) is 13.2 Å². The Labute approximate surface area is 103 Å². The molecule has 1 aliphatic heterocycles. The molecule has 0 atom stereocenters. The van der Waals surface area contributed by atoms with Gasteiger partial charge in [0.2, 0.25) is 0 Å². The first-order valence-corrected chi connectivity index (χ1v) is 6.17. The zero-order valence-electron chi connectivity index (χ0n) is 10.9. The van der Waals surface area contributed by atoms with Crippen LogP contribution in [0.15, 0.2) is 18.2 Å². The van der Waals surface area contributed by atoms with E-state index >= 15 is 0 Å². The molecule has 0 aliphatic carbocycles. The maximum Gasteiger partial charge on any atom is 0.123 e. The van der Waals surface area contributed by atoms with Gasteiger partial charge in [-0.3, -0.25) is 0 Å². The van der Waals surface area contributed by atoms with Crippen molar-refractivity contribution in [1.82, 2.24) is 0 Å². The summed E-state index contributed by atoms with van der Waals surface area (Å²) in [5.74, 6) is 0.969. The third kappa shape index (κ3) is 2.72. The molecular weight excluding hydrogens is 214 g/mol. The van der Waals surface area contributed by atoms with E-state index in [9.17, 15) is 0 Å². The molecule has 0 bridgehead atoms. The first kappa shape index (κ1) is 12.2. The van der Waals surface area contributed by atoms with E-state index in [2.05, 4.69) is 30.0 Å². The lowest BCUT2D eigenvalue weighted by molar-refractivity contribution is 0.0819. The minimum Gasteiger partial charge on any atom is -0.496 e. The predicted molar refractivity (Wildman–Crippen MR) is 70.0 cm³/mol. The second-order valence-electron chi connectivity index (χ2n) is 4.58. The van der Waals surface area contributed by atoms with Crippen molar-refractivity contribution in [3.05, 3.63) is 23.8 Å². The first-order valence-electron chi connectivity index (χ1n) is 6.17. The van der Waals surface area contributed by atoms with Crippen molar-refractivity contribution in [3.63, 3.8) is 0 Å². The van der Waals surface area contributed by atoms with E-state index in [-0.39, 0.29) is 0 Å². The normalized spacial score (nSPS) is 17.2. The van der Waals surface area contributed by atoms with E-state index in [1.165, 1.54) is 11.3 Å². The number of ether oxygens (including phenoxy) is 2. The minimum absolute atomic E-state index is 0.429.